The van der Waals surface area contributed by atoms with Gasteiger partial charge in [0.25, 0.3) is 0 Å². The molecular formula is C14H17ClN2S. The Bertz CT molecular complexity index is 525. The van der Waals surface area contributed by atoms with E-state index in [9.17, 15) is 0 Å². The standard InChI is InChI=1S/C14H17ClN2S/c1-14(2,3)12(16)13-17-11(8-18-13)9-4-6-10(15)7-5-9/h4-8,12H,16H2,1-3H3. The van der Waals surface area contributed by atoms with E-state index in [1.807, 2.05) is 29.6 Å². The quantitative estimate of drug-likeness (QED) is 0.879. The van der Waals surface area contributed by atoms with Crippen molar-refractivity contribution in [2.45, 2.75) is 26.8 Å². The van der Waals surface area contributed by atoms with Gasteiger partial charge in [0.2, 0.25) is 0 Å². The minimum Gasteiger partial charge on any atom is -0.322 e. The van der Waals surface area contributed by atoms with Crippen molar-refractivity contribution < 1.29 is 0 Å². The number of hydrogen-bond acceptors (Lipinski definition) is 3. The van der Waals surface area contributed by atoms with Crippen LogP contribution in [0.2, 0.25) is 5.02 Å². The van der Waals surface area contributed by atoms with Crippen LogP contribution in [0.15, 0.2) is 29.6 Å². The second kappa shape index (κ2) is 5.00. The van der Waals surface area contributed by atoms with Gasteiger partial charge >= 0.3 is 0 Å². The molecule has 0 bridgehead atoms. The third kappa shape index (κ3) is 2.91. The van der Waals surface area contributed by atoms with Crippen LogP contribution in [0.1, 0.15) is 31.8 Å². The highest BCUT2D eigenvalue weighted by atomic mass is 35.5. The van der Waals surface area contributed by atoms with E-state index in [1.54, 1.807) is 11.3 Å². The lowest BCUT2D eigenvalue weighted by Gasteiger charge is -2.24. The SMILES string of the molecule is CC(C)(C)C(N)c1nc(-c2ccc(Cl)cc2)cs1. The Morgan fingerprint density at radius 3 is 2.39 bits per heavy atom. The molecule has 1 unspecified atom stereocenters. The van der Waals surface area contributed by atoms with Gasteiger partial charge in [-0.3, -0.25) is 0 Å². The highest BCUT2D eigenvalue weighted by molar-refractivity contribution is 7.10. The van der Waals surface area contributed by atoms with E-state index in [2.05, 4.69) is 25.8 Å². The summed E-state index contributed by atoms with van der Waals surface area (Å²) in [5, 5.41) is 3.76. The summed E-state index contributed by atoms with van der Waals surface area (Å²) < 4.78 is 0. The smallest absolute Gasteiger partial charge is 0.111 e. The van der Waals surface area contributed by atoms with E-state index in [0.717, 1.165) is 21.3 Å². The van der Waals surface area contributed by atoms with Gasteiger partial charge in [-0.15, -0.1) is 11.3 Å². The molecule has 2 nitrogen and oxygen atoms in total. The second-order valence-electron chi connectivity index (χ2n) is 5.42. The van der Waals surface area contributed by atoms with Gasteiger partial charge < -0.3 is 5.73 Å². The van der Waals surface area contributed by atoms with Crippen molar-refractivity contribution in [3.8, 4) is 11.3 Å². The molecular weight excluding hydrogens is 264 g/mol. The molecule has 0 aliphatic rings. The summed E-state index contributed by atoms with van der Waals surface area (Å²) in [6.07, 6.45) is 0. The first-order chi connectivity index (χ1) is 8.38. The van der Waals surface area contributed by atoms with E-state index >= 15 is 0 Å². The van der Waals surface area contributed by atoms with Crippen LogP contribution in [0.5, 0.6) is 0 Å². The monoisotopic (exact) mass is 280 g/mol. The lowest BCUT2D eigenvalue weighted by atomic mass is 9.88. The van der Waals surface area contributed by atoms with Crippen LogP contribution < -0.4 is 5.73 Å². The molecule has 18 heavy (non-hydrogen) atoms. The Hall–Kier alpha value is -0.900. The van der Waals surface area contributed by atoms with E-state index < -0.39 is 0 Å². The number of nitrogens with zero attached hydrogens (tertiary/aromatic N) is 1. The fourth-order valence-corrected chi connectivity index (χ4v) is 2.75. The summed E-state index contributed by atoms with van der Waals surface area (Å²) in [5.74, 6) is 0. The zero-order valence-electron chi connectivity index (χ0n) is 10.8. The van der Waals surface area contributed by atoms with Gasteiger partial charge in [0.05, 0.1) is 11.7 Å². The maximum absolute atomic E-state index is 6.21. The van der Waals surface area contributed by atoms with Gasteiger partial charge in [-0.25, -0.2) is 4.98 Å². The lowest BCUT2D eigenvalue weighted by molar-refractivity contribution is 0.326. The molecule has 0 fully saturated rings. The highest BCUT2D eigenvalue weighted by Gasteiger charge is 2.25. The van der Waals surface area contributed by atoms with E-state index in [1.165, 1.54) is 0 Å². The van der Waals surface area contributed by atoms with Crippen LogP contribution in [-0.4, -0.2) is 4.98 Å². The number of halogens is 1. The summed E-state index contributed by atoms with van der Waals surface area (Å²) in [6, 6.07) is 7.66. The molecule has 1 aromatic heterocycles. The molecule has 1 atom stereocenters. The number of thiazole rings is 1. The minimum atomic E-state index is -0.0384. The third-order valence-corrected chi connectivity index (χ3v) is 4.04. The molecule has 0 saturated carbocycles. The van der Waals surface area contributed by atoms with Crippen molar-refractivity contribution in [2.24, 2.45) is 11.1 Å². The van der Waals surface area contributed by atoms with Gasteiger partial charge in [-0.1, -0.05) is 44.5 Å². The zero-order valence-corrected chi connectivity index (χ0v) is 12.3. The van der Waals surface area contributed by atoms with Crippen LogP contribution in [0.4, 0.5) is 0 Å². The van der Waals surface area contributed by atoms with Crippen LogP contribution in [0.25, 0.3) is 11.3 Å². The number of hydrogen-bond donors (Lipinski definition) is 1. The topological polar surface area (TPSA) is 38.9 Å². The number of aromatic nitrogens is 1. The fourth-order valence-electron chi connectivity index (χ4n) is 1.55. The second-order valence-corrected chi connectivity index (χ2v) is 6.75. The largest absolute Gasteiger partial charge is 0.322 e. The molecule has 2 rings (SSSR count). The summed E-state index contributed by atoms with van der Waals surface area (Å²) in [7, 11) is 0. The predicted molar refractivity (Wildman–Crippen MR) is 78.9 cm³/mol. The van der Waals surface area contributed by atoms with Gasteiger partial charge in [-0.2, -0.15) is 0 Å². The number of rotatable bonds is 2. The first-order valence-electron chi connectivity index (χ1n) is 5.85. The van der Waals surface area contributed by atoms with Crippen molar-refractivity contribution in [1.82, 2.24) is 4.98 Å². The summed E-state index contributed by atoms with van der Waals surface area (Å²) >= 11 is 7.49. The van der Waals surface area contributed by atoms with E-state index in [0.29, 0.717) is 0 Å². The van der Waals surface area contributed by atoms with E-state index in [-0.39, 0.29) is 11.5 Å². The highest BCUT2D eigenvalue weighted by Crippen LogP contribution is 2.34. The molecule has 0 aliphatic carbocycles. The Morgan fingerprint density at radius 2 is 1.83 bits per heavy atom. The first kappa shape index (κ1) is 13.5. The molecule has 1 heterocycles. The van der Waals surface area contributed by atoms with Crippen molar-refractivity contribution in [2.75, 3.05) is 0 Å². The molecule has 0 radical (unpaired) electrons. The lowest BCUT2D eigenvalue weighted by Crippen LogP contribution is -2.26. The van der Waals surface area contributed by atoms with Gasteiger partial charge in [0.15, 0.2) is 0 Å². The number of benzene rings is 1. The molecule has 96 valence electrons. The van der Waals surface area contributed by atoms with Crippen LogP contribution in [0, 0.1) is 5.41 Å². The molecule has 2 N–H and O–H groups in total. The van der Waals surface area contributed by atoms with Crippen molar-refractivity contribution in [3.05, 3.63) is 39.7 Å². The predicted octanol–water partition coefficient (Wildman–Crippen LogP) is 4.51. The molecule has 0 saturated heterocycles. The van der Waals surface area contributed by atoms with Crippen LogP contribution >= 0.6 is 22.9 Å². The summed E-state index contributed by atoms with van der Waals surface area (Å²) in [4.78, 5) is 4.63. The van der Waals surface area contributed by atoms with Crippen molar-refractivity contribution in [3.63, 3.8) is 0 Å². The van der Waals surface area contributed by atoms with Crippen LogP contribution in [0.3, 0.4) is 0 Å². The zero-order chi connectivity index (χ0) is 13.3. The van der Waals surface area contributed by atoms with Gasteiger partial charge in [0, 0.05) is 16.0 Å². The van der Waals surface area contributed by atoms with Gasteiger partial charge in [0.1, 0.15) is 5.01 Å². The molecule has 0 amide bonds. The Balaban J connectivity index is 2.28. The summed E-state index contributed by atoms with van der Waals surface area (Å²) in [5.41, 5.74) is 8.27. The van der Waals surface area contributed by atoms with Crippen molar-refractivity contribution in [1.29, 1.82) is 0 Å². The fraction of sp³-hybridized carbons (Fsp3) is 0.357. The Kier molecular flexibility index (Phi) is 3.76. The molecule has 0 spiro atoms. The third-order valence-electron chi connectivity index (χ3n) is 2.86. The van der Waals surface area contributed by atoms with Gasteiger partial charge in [-0.05, 0) is 17.5 Å². The maximum Gasteiger partial charge on any atom is 0.111 e. The normalized spacial score (nSPS) is 13.6. The average Bonchev–Trinajstić information content (AvgIpc) is 2.77. The average molecular weight is 281 g/mol. The first-order valence-corrected chi connectivity index (χ1v) is 7.10. The van der Waals surface area contributed by atoms with Crippen molar-refractivity contribution >= 4 is 22.9 Å². The molecule has 2 aromatic rings. The maximum atomic E-state index is 6.21. The Labute approximate surface area is 117 Å². The summed E-state index contributed by atoms with van der Waals surface area (Å²) in [6.45, 7) is 6.38. The van der Waals surface area contributed by atoms with E-state index in [4.69, 9.17) is 17.3 Å². The van der Waals surface area contributed by atoms with Crippen LogP contribution in [-0.2, 0) is 0 Å². The Morgan fingerprint density at radius 1 is 1.22 bits per heavy atom. The molecule has 4 heteroatoms. The molecule has 0 aliphatic heterocycles. The minimum absolute atomic E-state index is 0.0229. The molecule has 1 aromatic carbocycles. The number of nitrogens with two attached hydrogens (primary N) is 1.